The normalized spacial score (nSPS) is 11.3. The van der Waals surface area contributed by atoms with Gasteiger partial charge >= 0.3 is 10.5 Å². The van der Waals surface area contributed by atoms with Gasteiger partial charge in [0.15, 0.2) is 5.75 Å². The van der Waals surface area contributed by atoms with Gasteiger partial charge in [0.1, 0.15) is 5.78 Å². The van der Waals surface area contributed by atoms with Crippen molar-refractivity contribution in [3.05, 3.63) is 34.4 Å². The third-order valence-electron chi connectivity index (χ3n) is 2.71. The third-order valence-corrected chi connectivity index (χ3v) is 3.58. The Hall–Kier alpha value is -2.07. The minimum Gasteiger partial charge on any atom is -0.356 e. The molecule has 7 nitrogen and oxygen atoms in total. The van der Waals surface area contributed by atoms with Gasteiger partial charge in [-0.05, 0) is 25.1 Å². The van der Waals surface area contributed by atoms with Crippen LogP contribution in [0.25, 0.3) is 10.9 Å². The first-order chi connectivity index (χ1) is 10.7. The van der Waals surface area contributed by atoms with Crippen molar-refractivity contribution in [2.24, 2.45) is 0 Å². The molecule has 0 aliphatic carbocycles. The number of pyridine rings is 1. The van der Waals surface area contributed by atoms with E-state index in [2.05, 4.69) is 30.4 Å². The molecule has 0 bridgehead atoms. The second-order valence-electron chi connectivity index (χ2n) is 4.52. The lowest BCUT2D eigenvalue weighted by Crippen LogP contribution is -2.29. The zero-order chi connectivity index (χ0) is 17.2. The van der Waals surface area contributed by atoms with Crippen LogP contribution in [0.5, 0.6) is 5.75 Å². The number of ketones is 1. The van der Waals surface area contributed by atoms with Crippen molar-refractivity contribution < 1.29 is 26.1 Å². The van der Waals surface area contributed by atoms with Gasteiger partial charge in [-0.2, -0.15) is 8.42 Å². The molecule has 0 saturated carbocycles. The largest absolute Gasteiger partial charge is 0.488 e. The van der Waals surface area contributed by atoms with E-state index in [9.17, 15) is 21.9 Å². The zero-order valence-electron chi connectivity index (χ0n) is 11.7. The van der Waals surface area contributed by atoms with Crippen molar-refractivity contribution in [1.82, 2.24) is 10.3 Å². The maximum Gasteiger partial charge on any atom is 0.488 e. The first kappa shape index (κ1) is 17.3. The highest BCUT2D eigenvalue weighted by atomic mass is 79.9. The Labute approximate surface area is 139 Å². The standard InChI is InChI=1S/C13H10BrFN2O5S/c1-7(18)5-17-13(19)12-9-4-8(14)2-3-10(9)16-6-11(12)22-23(15,20)21/h2-4,6H,5H2,1H3,(H,17,19). The van der Waals surface area contributed by atoms with Crippen LogP contribution < -0.4 is 9.50 Å². The summed E-state index contributed by atoms with van der Waals surface area (Å²) in [5.41, 5.74) is 0.128. The minimum absolute atomic E-state index is 0.237. The van der Waals surface area contributed by atoms with Crippen molar-refractivity contribution in [3.63, 3.8) is 0 Å². The van der Waals surface area contributed by atoms with E-state index in [0.717, 1.165) is 6.20 Å². The lowest BCUT2D eigenvalue weighted by Gasteiger charge is -2.11. The molecule has 0 spiro atoms. The smallest absolute Gasteiger partial charge is 0.356 e. The molecule has 1 amide bonds. The van der Waals surface area contributed by atoms with Gasteiger partial charge in [0.2, 0.25) is 0 Å². The van der Waals surface area contributed by atoms with Crippen molar-refractivity contribution >= 4 is 49.0 Å². The topological polar surface area (TPSA) is 102 Å². The molecule has 122 valence electrons. The van der Waals surface area contributed by atoms with E-state index in [1.807, 2.05) is 0 Å². The van der Waals surface area contributed by atoms with Gasteiger partial charge in [0.05, 0.1) is 23.8 Å². The molecule has 1 N–H and O–H groups in total. The van der Waals surface area contributed by atoms with Gasteiger partial charge in [-0.3, -0.25) is 14.6 Å². The van der Waals surface area contributed by atoms with Crippen LogP contribution in [0, 0.1) is 0 Å². The van der Waals surface area contributed by atoms with Gasteiger partial charge in [0, 0.05) is 9.86 Å². The summed E-state index contributed by atoms with van der Waals surface area (Å²) < 4.78 is 39.1. The van der Waals surface area contributed by atoms with Crippen molar-refractivity contribution in [2.45, 2.75) is 6.92 Å². The van der Waals surface area contributed by atoms with E-state index in [-0.39, 0.29) is 23.3 Å². The maximum absolute atomic E-state index is 12.8. The van der Waals surface area contributed by atoms with Crippen LogP contribution in [0.2, 0.25) is 0 Å². The first-order valence-corrected chi connectivity index (χ1v) is 8.27. The molecule has 1 aromatic heterocycles. The second-order valence-corrected chi connectivity index (χ2v) is 6.39. The second kappa shape index (κ2) is 6.59. The highest BCUT2D eigenvalue weighted by Crippen LogP contribution is 2.29. The molecule has 0 radical (unpaired) electrons. The average molecular weight is 405 g/mol. The number of nitrogens with one attached hydrogen (secondary N) is 1. The molecule has 0 fully saturated rings. The summed E-state index contributed by atoms with van der Waals surface area (Å²) in [5.74, 6) is -1.66. The number of fused-ring (bicyclic) bond motifs is 1. The summed E-state index contributed by atoms with van der Waals surface area (Å²) in [6.45, 7) is 1.00. The lowest BCUT2D eigenvalue weighted by molar-refractivity contribution is -0.116. The molecular formula is C13H10BrFN2O5S. The monoisotopic (exact) mass is 404 g/mol. The van der Waals surface area contributed by atoms with Crippen LogP contribution in [0.3, 0.4) is 0 Å². The van der Waals surface area contributed by atoms with E-state index >= 15 is 0 Å². The number of aromatic nitrogens is 1. The molecule has 1 heterocycles. The predicted molar refractivity (Wildman–Crippen MR) is 83.1 cm³/mol. The van der Waals surface area contributed by atoms with Gasteiger partial charge in [0.25, 0.3) is 5.91 Å². The van der Waals surface area contributed by atoms with Crippen LogP contribution in [-0.4, -0.2) is 31.6 Å². The maximum atomic E-state index is 12.8. The van der Waals surface area contributed by atoms with Crippen LogP contribution in [0.15, 0.2) is 28.9 Å². The summed E-state index contributed by atoms with van der Waals surface area (Å²) in [7, 11) is -5.34. The molecule has 0 aliphatic rings. The first-order valence-electron chi connectivity index (χ1n) is 6.17. The summed E-state index contributed by atoms with van der Waals surface area (Å²) in [6, 6.07) is 4.75. The Bertz CT molecular complexity index is 901. The van der Waals surface area contributed by atoms with E-state index < -0.39 is 22.2 Å². The zero-order valence-corrected chi connectivity index (χ0v) is 14.1. The number of benzene rings is 1. The van der Waals surface area contributed by atoms with Gasteiger partial charge in [-0.25, -0.2) is 0 Å². The van der Waals surface area contributed by atoms with E-state index in [0.29, 0.717) is 9.99 Å². The van der Waals surface area contributed by atoms with Crippen LogP contribution in [0.1, 0.15) is 17.3 Å². The fourth-order valence-corrected chi connectivity index (χ4v) is 2.55. The number of rotatable bonds is 5. The van der Waals surface area contributed by atoms with Gasteiger partial charge in [-0.1, -0.05) is 19.8 Å². The van der Waals surface area contributed by atoms with Crippen molar-refractivity contribution in [1.29, 1.82) is 0 Å². The molecule has 23 heavy (non-hydrogen) atoms. The number of hydrogen-bond donors (Lipinski definition) is 1. The molecule has 0 unspecified atom stereocenters. The Kier molecular flexibility index (Phi) is 4.95. The summed E-state index contributed by atoms with van der Waals surface area (Å²) >= 11 is 3.22. The van der Waals surface area contributed by atoms with Gasteiger partial charge in [-0.15, -0.1) is 0 Å². The minimum atomic E-state index is -5.34. The highest BCUT2D eigenvalue weighted by molar-refractivity contribution is 9.10. The lowest BCUT2D eigenvalue weighted by atomic mass is 10.1. The SMILES string of the molecule is CC(=O)CNC(=O)c1c(OS(=O)(=O)F)cnc2ccc(Br)cc12. The number of carbonyl (C=O) groups excluding carboxylic acids is 2. The summed E-state index contributed by atoms with van der Waals surface area (Å²) in [4.78, 5) is 27.2. The van der Waals surface area contributed by atoms with Crippen LogP contribution in [0.4, 0.5) is 3.89 Å². The van der Waals surface area contributed by atoms with Crippen LogP contribution >= 0.6 is 15.9 Å². The number of amides is 1. The van der Waals surface area contributed by atoms with Gasteiger partial charge < -0.3 is 9.50 Å². The molecule has 2 aromatic rings. The quantitative estimate of drug-likeness (QED) is 0.763. The van der Waals surface area contributed by atoms with E-state index in [4.69, 9.17) is 0 Å². The fraction of sp³-hybridized carbons (Fsp3) is 0.154. The highest BCUT2D eigenvalue weighted by Gasteiger charge is 2.22. The van der Waals surface area contributed by atoms with Crippen LogP contribution in [-0.2, 0) is 15.3 Å². The Morgan fingerprint density at radius 2 is 2.09 bits per heavy atom. The molecule has 0 atom stereocenters. The van der Waals surface area contributed by atoms with Crippen molar-refractivity contribution in [3.8, 4) is 5.75 Å². The number of hydrogen-bond acceptors (Lipinski definition) is 6. The molecule has 0 aliphatic heterocycles. The Morgan fingerprint density at radius 3 is 2.70 bits per heavy atom. The predicted octanol–water partition coefficient (Wildman–Crippen LogP) is 1.91. The molecule has 1 aromatic carbocycles. The number of halogens is 2. The summed E-state index contributed by atoms with van der Waals surface area (Å²) in [5, 5.41) is 2.54. The molecule has 0 saturated heterocycles. The Balaban J connectivity index is 2.63. The molecular weight excluding hydrogens is 395 g/mol. The molecule has 2 rings (SSSR count). The average Bonchev–Trinajstić information content (AvgIpc) is 2.42. The van der Waals surface area contributed by atoms with E-state index in [1.54, 1.807) is 12.1 Å². The Morgan fingerprint density at radius 1 is 1.39 bits per heavy atom. The number of nitrogens with zero attached hydrogens (tertiary/aromatic N) is 1. The number of Topliss-reactive ketones (excluding diaryl/α,β-unsaturated/α-hetero) is 1. The van der Waals surface area contributed by atoms with Crippen molar-refractivity contribution in [2.75, 3.05) is 6.54 Å². The van der Waals surface area contributed by atoms with E-state index in [1.165, 1.54) is 13.0 Å². The number of carbonyl (C=O) groups is 2. The third kappa shape index (κ3) is 4.45. The fourth-order valence-electron chi connectivity index (χ4n) is 1.84. The summed E-state index contributed by atoms with van der Waals surface area (Å²) in [6.07, 6.45) is 0.927. The molecule has 10 heteroatoms.